The Kier molecular flexibility index (Phi) is 5.97. The number of piperazine rings is 1. The van der Waals surface area contributed by atoms with Crippen molar-refractivity contribution in [2.45, 2.75) is 12.4 Å². The summed E-state index contributed by atoms with van der Waals surface area (Å²) >= 11 is 12.8. The van der Waals surface area contributed by atoms with Gasteiger partial charge in [0, 0.05) is 41.8 Å². The maximum absolute atomic E-state index is 12.4. The molecule has 140 valence electrons. The number of hydrogen-bond donors (Lipinski definition) is 1. The predicted molar refractivity (Wildman–Crippen MR) is 95.9 cm³/mol. The van der Waals surface area contributed by atoms with Gasteiger partial charge >= 0.3 is 6.36 Å². The van der Waals surface area contributed by atoms with Crippen LogP contribution in [0.3, 0.4) is 0 Å². The number of ether oxygens (including phenoxy) is 1. The average molecular weight is 405 g/mol. The molecule has 0 unspecified atom stereocenters. The van der Waals surface area contributed by atoms with Crippen LogP contribution in [0.15, 0.2) is 42.5 Å². The molecule has 1 aliphatic rings. The Bertz CT molecular complexity index is 727. The van der Waals surface area contributed by atoms with Crippen molar-refractivity contribution in [3.8, 4) is 5.75 Å². The standard InChI is InChI=1S/C18H17Cl2F3N2O/c19-14-2-1-3-15(20)16(14)17(25-10-8-24-9-11-25)12-4-6-13(7-5-12)26-18(21,22)23/h1-7,17,24H,8-11H2/t17-/m1/s1. The van der Waals surface area contributed by atoms with Crippen LogP contribution in [-0.2, 0) is 0 Å². The minimum absolute atomic E-state index is 0.252. The topological polar surface area (TPSA) is 24.5 Å². The van der Waals surface area contributed by atoms with E-state index in [2.05, 4.69) is 15.0 Å². The lowest BCUT2D eigenvalue weighted by Gasteiger charge is -2.36. The van der Waals surface area contributed by atoms with Crippen LogP contribution in [0.4, 0.5) is 13.2 Å². The molecule has 1 fully saturated rings. The molecular weight excluding hydrogens is 388 g/mol. The van der Waals surface area contributed by atoms with Crippen molar-refractivity contribution in [1.29, 1.82) is 0 Å². The van der Waals surface area contributed by atoms with Crippen LogP contribution < -0.4 is 10.1 Å². The number of nitrogens with one attached hydrogen (secondary N) is 1. The summed E-state index contributed by atoms with van der Waals surface area (Å²) in [6.07, 6.45) is -4.72. The fraction of sp³-hybridized carbons (Fsp3) is 0.333. The van der Waals surface area contributed by atoms with Crippen LogP contribution in [0.2, 0.25) is 10.0 Å². The quantitative estimate of drug-likeness (QED) is 0.785. The second-order valence-corrected chi connectivity index (χ2v) is 6.76. The minimum Gasteiger partial charge on any atom is -0.406 e. The van der Waals surface area contributed by atoms with Crippen LogP contribution in [0.1, 0.15) is 17.2 Å². The highest BCUT2D eigenvalue weighted by Gasteiger charge is 2.32. The van der Waals surface area contributed by atoms with Crippen molar-refractivity contribution in [3.63, 3.8) is 0 Å². The molecule has 0 saturated carbocycles. The molecule has 0 amide bonds. The van der Waals surface area contributed by atoms with E-state index in [4.69, 9.17) is 23.2 Å². The average Bonchev–Trinajstić information content (AvgIpc) is 2.59. The van der Waals surface area contributed by atoms with Crippen LogP contribution in [0, 0.1) is 0 Å². The van der Waals surface area contributed by atoms with Gasteiger partial charge in [-0.1, -0.05) is 41.4 Å². The Hall–Kier alpha value is -1.47. The molecular formula is C18H17Cl2F3N2O. The zero-order chi connectivity index (χ0) is 18.7. The van der Waals surface area contributed by atoms with Crippen LogP contribution >= 0.6 is 23.2 Å². The molecule has 0 spiro atoms. The second kappa shape index (κ2) is 8.05. The molecule has 26 heavy (non-hydrogen) atoms. The smallest absolute Gasteiger partial charge is 0.406 e. The van der Waals surface area contributed by atoms with Crippen molar-refractivity contribution >= 4 is 23.2 Å². The van der Waals surface area contributed by atoms with Gasteiger partial charge in [0.05, 0.1) is 6.04 Å². The van der Waals surface area contributed by atoms with Gasteiger partial charge in [0.2, 0.25) is 0 Å². The fourth-order valence-corrected chi connectivity index (χ4v) is 3.73. The minimum atomic E-state index is -4.72. The van der Waals surface area contributed by atoms with Gasteiger partial charge in [-0.05, 0) is 29.8 Å². The van der Waals surface area contributed by atoms with Crippen LogP contribution in [0.25, 0.3) is 0 Å². The maximum Gasteiger partial charge on any atom is 0.573 e. The van der Waals surface area contributed by atoms with Gasteiger partial charge in [0.1, 0.15) is 5.75 Å². The number of rotatable bonds is 4. The zero-order valence-electron chi connectivity index (χ0n) is 13.7. The molecule has 8 heteroatoms. The second-order valence-electron chi connectivity index (χ2n) is 5.94. The Labute approximate surface area is 159 Å². The van der Waals surface area contributed by atoms with Crippen LogP contribution in [0.5, 0.6) is 5.75 Å². The molecule has 1 atom stereocenters. The molecule has 2 aromatic carbocycles. The molecule has 3 rings (SSSR count). The third-order valence-corrected chi connectivity index (χ3v) is 4.88. The van der Waals surface area contributed by atoms with E-state index < -0.39 is 6.36 Å². The Balaban J connectivity index is 1.98. The fourth-order valence-electron chi connectivity index (χ4n) is 3.12. The molecule has 0 aromatic heterocycles. The number of nitrogens with zero attached hydrogens (tertiary/aromatic N) is 1. The normalized spacial score (nSPS) is 17.1. The third kappa shape index (κ3) is 4.62. The summed E-state index contributed by atoms with van der Waals surface area (Å²) in [6, 6.07) is 10.9. The Morgan fingerprint density at radius 3 is 2.08 bits per heavy atom. The summed E-state index contributed by atoms with van der Waals surface area (Å²) in [4.78, 5) is 2.21. The molecule has 3 nitrogen and oxygen atoms in total. The van der Waals surface area contributed by atoms with Gasteiger partial charge in [-0.3, -0.25) is 4.90 Å². The first-order valence-corrected chi connectivity index (χ1v) is 8.85. The lowest BCUT2D eigenvalue weighted by atomic mass is 9.96. The number of halogens is 5. The molecule has 1 heterocycles. The van der Waals surface area contributed by atoms with Gasteiger partial charge in [-0.15, -0.1) is 13.2 Å². The summed E-state index contributed by atoms with van der Waals surface area (Å²) in [5.74, 6) is -0.259. The highest BCUT2D eigenvalue weighted by Crippen LogP contribution is 2.38. The van der Waals surface area contributed by atoms with Crippen LogP contribution in [-0.4, -0.2) is 37.4 Å². The van der Waals surface area contributed by atoms with E-state index in [1.165, 1.54) is 12.1 Å². The van der Waals surface area contributed by atoms with E-state index in [1.807, 2.05) is 0 Å². The summed E-state index contributed by atoms with van der Waals surface area (Å²) in [5.41, 5.74) is 1.55. The highest BCUT2D eigenvalue weighted by molar-refractivity contribution is 6.36. The van der Waals surface area contributed by atoms with Gasteiger partial charge in [-0.25, -0.2) is 0 Å². The van der Waals surface area contributed by atoms with Gasteiger partial charge < -0.3 is 10.1 Å². The van der Waals surface area contributed by atoms with Crippen molar-refractivity contribution in [2.24, 2.45) is 0 Å². The highest BCUT2D eigenvalue weighted by atomic mass is 35.5. The number of hydrogen-bond acceptors (Lipinski definition) is 3. The van der Waals surface area contributed by atoms with Crippen molar-refractivity contribution in [1.82, 2.24) is 10.2 Å². The first kappa shape index (κ1) is 19.3. The summed E-state index contributed by atoms with van der Waals surface area (Å²) in [5, 5.41) is 4.33. The zero-order valence-corrected chi connectivity index (χ0v) is 15.2. The van der Waals surface area contributed by atoms with Crippen molar-refractivity contribution < 1.29 is 17.9 Å². The molecule has 0 bridgehead atoms. The molecule has 0 radical (unpaired) electrons. The van der Waals surface area contributed by atoms with E-state index in [0.29, 0.717) is 10.0 Å². The predicted octanol–water partition coefficient (Wildman–Crippen LogP) is 4.89. The van der Waals surface area contributed by atoms with Crippen molar-refractivity contribution in [3.05, 3.63) is 63.6 Å². The molecule has 0 aliphatic carbocycles. The van der Waals surface area contributed by atoms with Gasteiger partial charge in [-0.2, -0.15) is 0 Å². The van der Waals surface area contributed by atoms with E-state index in [0.717, 1.165) is 37.3 Å². The SMILES string of the molecule is FC(F)(F)Oc1ccc([C@H](c2c(Cl)cccc2Cl)N2CCNCC2)cc1. The molecule has 1 aliphatic heterocycles. The molecule has 1 N–H and O–H groups in total. The first-order chi connectivity index (χ1) is 12.3. The summed E-state index contributed by atoms with van der Waals surface area (Å²) in [6.45, 7) is 3.17. The van der Waals surface area contributed by atoms with E-state index >= 15 is 0 Å². The third-order valence-electron chi connectivity index (χ3n) is 4.22. The van der Waals surface area contributed by atoms with E-state index in [9.17, 15) is 13.2 Å². The summed E-state index contributed by atoms with van der Waals surface area (Å²) in [7, 11) is 0. The lowest BCUT2D eigenvalue weighted by Crippen LogP contribution is -2.45. The molecule has 1 saturated heterocycles. The Morgan fingerprint density at radius 1 is 0.962 bits per heavy atom. The van der Waals surface area contributed by atoms with Crippen molar-refractivity contribution in [2.75, 3.05) is 26.2 Å². The lowest BCUT2D eigenvalue weighted by molar-refractivity contribution is -0.274. The van der Waals surface area contributed by atoms with E-state index in [1.54, 1.807) is 30.3 Å². The van der Waals surface area contributed by atoms with Gasteiger partial charge in [0.15, 0.2) is 0 Å². The summed E-state index contributed by atoms with van der Waals surface area (Å²) < 4.78 is 41.1. The first-order valence-electron chi connectivity index (χ1n) is 8.09. The van der Waals surface area contributed by atoms with Gasteiger partial charge in [0.25, 0.3) is 0 Å². The largest absolute Gasteiger partial charge is 0.573 e. The molecule has 2 aromatic rings. The Morgan fingerprint density at radius 2 is 1.54 bits per heavy atom. The monoisotopic (exact) mass is 404 g/mol. The maximum atomic E-state index is 12.4. The van der Waals surface area contributed by atoms with E-state index in [-0.39, 0.29) is 11.8 Å². The number of alkyl halides is 3. The number of benzene rings is 2.